The van der Waals surface area contributed by atoms with E-state index in [1.807, 2.05) is 0 Å². The van der Waals surface area contributed by atoms with Gasteiger partial charge in [-0.15, -0.1) is 0 Å². The van der Waals surface area contributed by atoms with Crippen molar-refractivity contribution in [1.82, 2.24) is 4.90 Å². The molecule has 0 rings (SSSR count). The average molecular weight is 157 g/mol. The highest BCUT2D eigenvalue weighted by atomic mass is 15.1. The molecular formula is C10H23N. The maximum atomic E-state index is 2.50. The smallest absolute Gasteiger partial charge is 0.0115 e. The van der Waals surface area contributed by atoms with Gasteiger partial charge in [0.1, 0.15) is 0 Å². The topological polar surface area (TPSA) is 3.24 Å². The molecule has 0 saturated heterocycles. The Morgan fingerprint density at radius 1 is 1.09 bits per heavy atom. The molecular weight excluding hydrogens is 134 g/mol. The lowest BCUT2D eigenvalue weighted by Gasteiger charge is -2.36. The van der Waals surface area contributed by atoms with Gasteiger partial charge in [0.15, 0.2) is 0 Å². The van der Waals surface area contributed by atoms with Gasteiger partial charge in [-0.3, -0.25) is 0 Å². The zero-order valence-electron chi connectivity index (χ0n) is 8.94. The molecule has 0 N–H and O–H groups in total. The summed E-state index contributed by atoms with van der Waals surface area (Å²) < 4.78 is 0. The first-order valence-electron chi connectivity index (χ1n) is 4.67. The number of hydrogen-bond donors (Lipinski definition) is 0. The van der Waals surface area contributed by atoms with Crippen LogP contribution in [0.5, 0.6) is 0 Å². The molecule has 0 saturated carbocycles. The van der Waals surface area contributed by atoms with E-state index >= 15 is 0 Å². The van der Waals surface area contributed by atoms with Gasteiger partial charge in [-0.2, -0.15) is 0 Å². The Kier molecular flexibility index (Phi) is 4.09. The molecule has 0 radical (unpaired) electrons. The van der Waals surface area contributed by atoms with Crippen LogP contribution in [-0.2, 0) is 0 Å². The molecule has 0 bridgehead atoms. The Bertz CT molecular complexity index is 97.9. The van der Waals surface area contributed by atoms with Crippen LogP contribution < -0.4 is 0 Å². The third kappa shape index (κ3) is 3.24. The van der Waals surface area contributed by atoms with Crippen LogP contribution in [0.15, 0.2) is 0 Å². The summed E-state index contributed by atoms with van der Waals surface area (Å²) in [4.78, 5) is 2.50. The first-order chi connectivity index (χ1) is 4.93. The largest absolute Gasteiger partial charge is 0.301 e. The molecule has 0 fully saturated rings. The van der Waals surface area contributed by atoms with E-state index in [1.165, 1.54) is 0 Å². The van der Waals surface area contributed by atoms with Crippen LogP contribution >= 0.6 is 0 Å². The molecule has 68 valence electrons. The van der Waals surface area contributed by atoms with Crippen molar-refractivity contribution in [2.45, 2.75) is 47.6 Å². The summed E-state index contributed by atoms with van der Waals surface area (Å²) in [5, 5.41) is 0. The summed E-state index contributed by atoms with van der Waals surface area (Å²) in [6, 6.07) is 0.678. The Balaban J connectivity index is 4.09. The Labute approximate surface area is 71.8 Å². The van der Waals surface area contributed by atoms with E-state index in [1.54, 1.807) is 0 Å². The summed E-state index contributed by atoms with van der Waals surface area (Å²) in [5.41, 5.74) is 0.409. The molecule has 1 atom stereocenters. The summed E-state index contributed by atoms with van der Waals surface area (Å²) in [6.45, 7) is 16.0. The van der Waals surface area contributed by atoms with E-state index in [9.17, 15) is 0 Å². The van der Waals surface area contributed by atoms with E-state index in [0.717, 1.165) is 13.1 Å². The molecule has 0 amide bonds. The lowest BCUT2D eigenvalue weighted by molar-refractivity contribution is 0.125. The van der Waals surface area contributed by atoms with Crippen LogP contribution in [-0.4, -0.2) is 24.0 Å². The fourth-order valence-corrected chi connectivity index (χ4v) is 1.32. The quantitative estimate of drug-likeness (QED) is 0.609. The maximum absolute atomic E-state index is 2.50. The maximum Gasteiger partial charge on any atom is 0.0115 e. The summed E-state index contributed by atoms with van der Waals surface area (Å²) in [5.74, 6) is 0. The van der Waals surface area contributed by atoms with Gasteiger partial charge in [-0.1, -0.05) is 34.6 Å². The van der Waals surface area contributed by atoms with E-state index < -0.39 is 0 Å². The fourth-order valence-electron chi connectivity index (χ4n) is 1.32. The van der Waals surface area contributed by atoms with Crippen molar-refractivity contribution in [3.05, 3.63) is 0 Å². The second-order valence-electron chi connectivity index (χ2n) is 4.26. The predicted octanol–water partition coefficient (Wildman–Crippen LogP) is 2.76. The summed E-state index contributed by atoms with van der Waals surface area (Å²) in [6.07, 6.45) is 0. The van der Waals surface area contributed by atoms with Gasteiger partial charge in [0.25, 0.3) is 0 Å². The van der Waals surface area contributed by atoms with Gasteiger partial charge >= 0.3 is 0 Å². The van der Waals surface area contributed by atoms with Crippen molar-refractivity contribution in [1.29, 1.82) is 0 Å². The Hall–Kier alpha value is -0.0400. The molecule has 0 aromatic carbocycles. The molecule has 1 nitrogen and oxygen atoms in total. The lowest BCUT2D eigenvalue weighted by Crippen LogP contribution is -2.41. The van der Waals surface area contributed by atoms with Gasteiger partial charge < -0.3 is 4.90 Å². The van der Waals surface area contributed by atoms with Crippen molar-refractivity contribution >= 4 is 0 Å². The van der Waals surface area contributed by atoms with E-state index in [-0.39, 0.29) is 0 Å². The van der Waals surface area contributed by atoms with Crippen LogP contribution in [0.3, 0.4) is 0 Å². The minimum Gasteiger partial charge on any atom is -0.301 e. The zero-order valence-corrected chi connectivity index (χ0v) is 8.94. The summed E-state index contributed by atoms with van der Waals surface area (Å²) in [7, 11) is 0. The van der Waals surface area contributed by atoms with Crippen LogP contribution in [0.25, 0.3) is 0 Å². The molecule has 0 heterocycles. The zero-order chi connectivity index (χ0) is 9.07. The van der Waals surface area contributed by atoms with Gasteiger partial charge in [0, 0.05) is 6.04 Å². The van der Waals surface area contributed by atoms with Gasteiger partial charge in [0.05, 0.1) is 0 Å². The highest BCUT2D eigenvalue weighted by Gasteiger charge is 2.23. The van der Waals surface area contributed by atoms with Crippen LogP contribution in [0.1, 0.15) is 41.5 Å². The van der Waals surface area contributed by atoms with Crippen molar-refractivity contribution in [3.8, 4) is 0 Å². The Morgan fingerprint density at radius 3 is 1.55 bits per heavy atom. The number of nitrogens with zero attached hydrogens (tertiary/aromatic N) is 1. The molecule has 11 heavy (non-hydrogen) atoms. The molecule has 0 aliphatic carbocycles. The van der Waals surface area contributed by atoms with E-state index in [4.69, 9.17) is 0 Å². The molecule has 0 spiro atoms. The highest BCUT2D eigenvalue weighted by Crippen LogP contribution is 2.23. The van der Waals surface area contributed by atoms with Crippen molar-refractivity contribution < 1.29 is 0 Å². The predicted molar refractivity (Wildman–Crippen MR) is 51.8 cm³/mol. The Morgan fingerprint density at radius 2 is 1.45 bits per heavy atom. The number of hydrogen-bond acceptors (Lipinski definition) is 1. The molecule has 0 aromatic heterocycles. The normalized spacial score (nSPS) is 15.5. The molecule has 0 aromatic rings. The molecule has 0 aliphatic rings. The number of rotatable bonds is 3. The second-order valence-corrected chi connectivity index (χ2v) is 4.26. The van der Waals surface area contributed by atoms with Gasteiger partial charge in [-0.25, -0.2) is 0 Å². The first-order valence-corrected chi connectivity index (χ1v) is 4.67. The second kappa shape index (κ2) is 4.10. The fraction of sp³-hybridized carbons (Fsp3) is 1.00. The van der Waals surface area contributed by atoms with Gasteiger partial charge in [-0.05, 0) is 25.4 Å². The van der Waals surface area contributed by atoms with E-state index in [2.05, 4.69) is 46.4 Å². The summed E-state index contributed by atoms with van der Waals surface area (Å²) >= 11 is 0. The highest BCUT2D eigenvalue weighted by molar-refractivity contribution is 4.77. The third-order valence-corrected chi connectivity index (χ3v) is 2.61. The van der Waals surface area contributed by atoms with Crippen LogP contribution in [0.4, 0.5) is 0 Å². The third-order valence-electron chi connectivity index (χ3n) is 2.61. The average Bonchev–Trinajstić information content (AvgIpc) is 1.88. The molecule has 0 aliphatic heterocycles. The molecule has 1 unspecified atom stereocenters. The van der Waals surface area contributed by atoms with Gasteiger partial charge in [0.2, 0.25) is 0 Å². The van der Waals surface area contributed by atoms with Crippen molar-refractivity contribution in [2.24, 2.45) is 5.41 Å². The lowest BCUT2D eigenvalue weighted by atomic mass is 9.87. The standard InChI is InChI=1S/C10H23N/c1-7-11(8-2)9(3)10(4,5)6/h9H,7-8H2,1-6H3. The minimum absolute atomic E-state index is 0.409. The first kappa shape index (κ1) is 11.0. The SMILES string of the molecule is CCN(CC)C(C)C(C)(C)C. The van der Waals surface area contributed by atoms with Crippen molar-refractivity contribution in [3.63, 3.8) is 0 Å². The molecule has 1 heteroatoms. The monoisotopic (exact) mass is 157 g/mol. The van der Waals surface area contributed by atoms with Crippen LogP contribution in [0.2, 0.25) is 0 Å². The van der Waals surface area contributed by atoms with E-state index in [0.29, 0.717) is 11.5 Å². The van der Waals surface area contributed by atoms with Crippen LogP contribution in [0, 0.1) is 5.41 Å². The minimum atomic E-state index is 0.409. The van der Waals surface area contributed by atoms with Crippen molar-refractivity contribution in [2.75, 3.05) is 13.1 Å².